The molecular formula is C5H3F9O2. The molecule has 11 heteroatoms. The fourth-order valence-electron chi connectivity index (χ4n) is 0.397. The van der Waals surface area contributed by atoms with Crippen molar-refractivity contribution >= 4 is 0 Å². The van der Waals surface area contributed by atoms with Crippen LogP contribution in [0.2, 0.25) is 0 Å². The number of methoxy groups -OCH3 is 1. The average Bonchev–Trinajstić information content (AvgIpc) is 1.99. The fraction of sp³-hybridized carbons (Fsp3) is 1.00. The highest BCUT2D eigenvalue weighted by Crippen LogP contribution is 2.45. The molecule has 0 saturated heterocycles. The first-order chi connectivity index (χ1) is 6.77. The van der Waals surface area contributed by atoms with E-state index in [2.05, 4.69) is 4.74 Å². The lowest BCUT2D eigenvalue weighted by atomic mass is 10.5. The summed E-state index contributed by atoms with van der Waals surface area (Å²) in [6, 6.07) is 0. The number of hydrogen-bond donors (Lipinski definition) is 0. The normalized spacial score (nSPS) is 15.4. The van der Waals surface area contributed by atoms with E-state index in [9.17, 15) is 39.5 Å². The third kappa shape index (κ3) is 2.90. The second-order valence-electron chi connectivity index (χ2n) is 2.35. The number of alkyl halides is 9. The van der Waals surface area contributed by atoms with Crippen molar-refractivity contribution in [1.29, 1.82) is 0 Å². The minimum absolute atomic E-state index is 0.0248. The molecule has 0 aliphatic rings. The molecule has 0 heterocycles. The van der Waals surface area contributed by atoms with Crippen molar-refractivity contribution in [2.24, 2.45) is 0 Å². The van der Waals surface area contributed by atoms with E-state index < -0.39 is 24.5 Å². The summed E-state index contributed by atoms with van der Waals surface area (Å²) >= 11 is 0. The molecule has 0 aromatic rings. The van der Waals surface area contributed by atoms with Gasteiger partial charge in [0, 0.05) is 7.11 Å². The summed E-state index contributed by atoms with van der Waals surface area (Å²) in [5, 5.41) is 0. The molecule has 0 bridgehead atoms. The summed E-state index contributed by atoms with van der Waals surface area (Å²) < 4.78 is 111. The predicted octanol–water partition coefficient (Wildman–Crippen LogP) is 2.99. The van der Waals surface area contributed by atoms with Crippen LogP contribution in [-0.2, 0) is 9.47 Å². The van der Waals surface area contributed by atoms with Crippen LogP contribution in [0.4, 0.5) is 39.5 Å². The van der Waals surface area contributed by atoms with Gasteiger partial charge in [0.05, 0.1) is 0 Å². The molecular weight excluding hydrogens is 263 g/mol. The SMILES string of the molecule is COC(F)(F)C(F)(F)OC(F)(F)C(F)(F)F. The van der Waals surface area contributed by atoms with Gasteiger partial charge in [-0.25, -0.2) is 4.74 Å². The van der Waals surface area contributed by atoms with Crippen molar-refractivity contribution in [1.82, 2.24) is 0 Å². The zero-order chi connectivity index (χ0) is 13.4. The number of ether oxygens (including phenoxy) is 2. The van der Waals surface area contributed by atoms with Crippen LogP contribution in [0.1, 0.15) is 0 Å². The van der Waals surface area contributed by atoms with Crippen molar-refractivity contribution in [2.75, 3.05) is 7.11 Å². The minimum Gasteiger partial charge on any atom is -0.317 e. The molecule has 0 aliphatic heterocycles. The largest absolute Gasteiger partial charge is 0.483 e. The van der Waals surface area contributed by atoms with Crippen molar-refractivity contribution in [2.45, 2.75) is 24.5 Å². The molecule has 0 aromatic carbocycles. The lowest BCUT2D eigenvalue weighted by Crippen LogP contribution is -2.52. The van der Waals surface area contributed by atoms with E-state index in [0.29, 0.717) is 0 Å². The molecule has 98 valence electrons. The average molecular weight is 266 g/mol. The molecule has 0 aromatic heterocycles. The second-order valence-corrected chi connectivity index (χ2v) is 2.35. The van der Waals surface area contributed by atoms with E-state index in [4.69, 9.17) is 0 Å². The molecule has 0 radical (unpaired) electrons. The number of hydrogen-bond acceptors (Lipinski definition) is 2. The standard InChI is InChI=1S/C5H3F9O2/c1-15-4(11,12)5(13,14)16-3(9,10)2(6,7)8/h1H3. The van der Waals surface area contributed by atoms with Crippen LogP contribution in [0.3, 0.4) is 0 Å². The van der Waals surface area contributed by atoms with Crippen LogP contribution in [0, 0.1) is 0 Å². The quantitative estimate of drug-likeness (QED) is 0.728. The highest BCUT2D eigenvalue weighted by Gasteiger charge is 2.70. The van der Waals surface area contributed by atoms with Gasteiger partial charge in [0.1, 0.15) is 0 Å². The van der Waals surface area contributed by atoms with Crippen LogP contribution in [-0.4, -0.2) is 31.6 Å². The third-order valence-electron chi connectivity index (χ3n) is 1.18. The van der Waals surface area contributed by atoms with Crippen molar-refractivity contribution in [3.05, 3.63) is 0 Å². The molecule has 2 nitrogen and oxygen atoms in total. The van der Waals surface area contributed by atoms with Crippen LogP contribution >= 0.6 is 0 Å². The first-order valence-electron chi connectivity index (χ1n) is 3.22. The molecule has 0 amide bonds. The Kier molecular flexibility index (Phi) is 3.77. The molecule has 0 saturated carbocycles. The summed E-state index contributed by atoms with van der Waals surface area (Å²) in [6.45, 7) is 0. The Morgan fingerprint density at radius 3 is 1.25 bits per heavy atom. The Balaban J connectivity index is 4.99. The fourth-order valence-corrected chi connectivity index (χ4v) is 0.397. The van der Waals surface area contributed by atoms with E-state index in [1.54, 1.807) is 4.74 Å². The highest BCUT2D eigenvalue weighted by atomic mass is 19.4. The maximum atomic E-state index is 12.2. The van der Waals surface area contributed by atoms with E-state index >= 15 is 0 Å². The molecule has 0 spiro atoms. The molecule has 0 fully saturated rings. The maximum absolute atomic E-state index is 12.2. The Bertz CT molecular complexity index is 245. The molecule has 0 N–H and O–H groups in total. The van der Waals surface area contributed by atoms with E-state index in [1.165, 1.54) is 0 Å². The van der Waals surface area contributed by atoms with Crippen LogP contribution in [0.25, 0.3) is 0 Å². The van der Waals surface area contributed by atoms with Gasteiger partial charge >= 0.3 is 24.5 Å². The second kappa shape index (κ2) is 3.95. The minimum atomic E-state index is -6.56. The smallest absolute Gasteiger partial charge is 0.317 e. The lowest BCUT2D eigenvalue weighted by molar-refractivity contribution is -0.513. The predicted molar refractivity (Wildman–Crippen MR) is 29.0 cm³/mol. The Hall–Kier alpha value is -0.710. The van der Waals surface area contributed by atoms with Crippen molar-refractivity contribution < 1.29 is 49.0 Å². The van der Waals surface area contributed by atoms with Crippen molar-refractivity contribution in [3.8, 4) is 0 Å². The summed E-state index contributed by atoms with van der Waals surface area (Å²) in [5.74, 6) is 0. The van der Waals surface area contributed by atoms with Gasteiger partial charge in [-0.05, 0) is 0 Å². The highest BCUT2D eigenvalue weighted by molar-refractivity contribution is 4.73. The number of halogens is 9. The zero-order valence-corrected chi connectivity index (χ0v) is 7.22. The summed E-state index contributed by atoms with van der Waals surface area (Å²) in [5.41, 5.74) is 0. The Labute approximate surface area is 81.9 Å². The van der Waals surface area contributed by atoms with E-state index in [0.717, 1.165) is 0 Å². The Morgan fingerprint density at radius 1 is 0.625 bits per heavy atom. The van der Waals surface area contributed by atoms with Gasteiger partial charge in [0.25, 0.3) is 0 Å². The van der Waals surface area contributed by atoms with Gasteiger partial charge in [-0.3, -0.25) is 0 Å². The van der Waals surface area contributed by atoms with E-state index in [-0.39, 0.29) is 7.11 Å². The third-order valence-corrected chi connectivity index (χ3v) is 1.18. The number of rotatable bonds is 4. The van der Waals surface area contributed by atoms with Crippen LogP contribution < -0.4 is 0 Å². The molecule has 0 rings (SSSR count). The van der Waals surface area contributed by atoms with Gasteiger partial charge < -0.3 is 4.74 Å². The summed E-state index contributed by atoms with van der Waals surface area (Å²) in [4.78, 5) is 0. The van der Waals surface area contributed by atoms with Gasteiger partial charge in [0.2, 0.25) is 0 Å². The van der Waals surface area contributed by atoms with E-state index in [1.807, 2.05) is 0 Å². The van der Waals surface area contributed by atoms with Gasteiger partial charge in [-0.2, -0.15) is 39.5 Å². The molecule has 0 atom stereocenters. The topological polar surface area (TPSA) is 18.5 Å². The Morgan fingerprint density at radius 2 is 1.00 bits per heavy atom. The lowest BCUT2D eigenvalue weighted by Gasteiger charge is -2.28. The first-order valence-corrected chi connectivity index (χ1v) is 3.22. The van der Waals surface area contributed by atoms with Gasteiger partial charge in [0.15, 0.2) is 0 Å². The summed E-state index contributed by atoms with van der Waals surface area (Å²) in [6.07, 6.45) is -24.7. The van der Waals surface area contributed by atoms with Gasteiger partial charge in [-0.15, -0.1) is 0 Å². The zero-order valence-electron chi connectivity index (χ0n) is 7.22. The molecule has 0 unspecified atom stereocenters. The summed E-state index contributed by atoms with van der Waals surface area (Å²) in [7, 11) is -0.0248. The van der Waals surface area contributed by atoms with Crippen LogP contribution in [0.5, 0.6) is 0 Å². The first kappa shape index (κ1) is 15.3. The monoisotopic (exact) mass is 266 g/mol. The van der Waals surface area contributed by atoms with Gasteiger partial charge in [-0.1, -0.05) is 0 Å². The molecule has 0 aliphatic carbocycles. The van der Waals surface area contributed by atoms with Crippen molar-refractivity contribution in [3.63, 3.8) is 0 Å². The molecule has 16 heavy (non-hydrogen) atoms. The maximum Gasteiger partial charge on any atom is 0.483 e. The van der Waals surface area contributed by atoms with Crippen LogP contribution in [0.15, 0.2) is 0 Å².